The van der Waals surface area contributed by atoms with Gasteiger partial charge >= 0.3 is 0 Å². The third-order valence-corrected chi connectivity index (χ3v) is 6.01. The maximum Gasteiger partial charge on any atom is 0.243 e. The quantitative estimate of drug-likeness (QED) is 0.365. The fourth-order valence-corrected chi connectivity index (χ4v) is 4.04. The van der Waals surface area contributed by atoms with E-state index >= 15 is 0 Å². The Morgan fingerprint density at radius 2 is 1.24 bits per heavy atom. The molecule has 0 bridgehead atoms. The Hall–Kier alpha value is -4.46. The first-order valence-corrected chi connectivity index (χ1v) is 12.0. The van der Waals surface area contributed by atoms with Gasteiger partial charge in [0.05, 0.1) is 19.1 Å². The van der Waals surface area contributed by atoms with E-state index in [9.17, 15) is 19.2 Å². The second-order valence-corrected chi connectivity index (χ2v) is 8.81. The summed E-state index contributed by atoms with van der Waals surface area (Å²) in [5.74, 6) is -1.45. The number of hydrogen-bond donors (Lipinski definition) is 1. The number of hydrogen-bond acceptors (Lipinski definition) is 4. The number of primary amides is 1. The average Bonchev–Trinajstić information content (AvgIpc) is 2.91. The maximum atomic E-state index is 13.5. The number of amides is 4. The standard InChI is InChI=1S/C29H32N4O4/c1-23(26-15-9-4-10-16-26)33(29(37)20-31(22-34)17-24-11-5-2-6-12-24)21-28(36)32(19-27(30)35)18-25-13-7-3-8-14-25/h2-16,22-23H,17-21H2,1H3,(H2,30,35). The molecule has 4 amide bonds. The molecule has 37 heavy (non-hydrogen) atoms. The van der Waals surface area contributed by atoms with Crippen molar-refractivity contribution in [2.75, 3.05) is 19.6 Å². The van der Waals surface area contributed by atoms with Crippen molar-refractivity contribution in [2.24, 2.45) is 5.73 Å². The Kier molecular flexibility index (Phi) is 9.96. The second-order valence-electron chi connectivity index (χ2n) is 8.81. The maximum absolute atomic E-state index is 13.5. The molecule has 0 spiro atoms. The van der Waals surface area contributed by atoms with Gasteiger partial charge in [-0.25, -0.2) is 0 Å². The Labute approximate surface area is 217 Å². The normalized spacial score (nSPS) is 11.3. The summed E-state index contributed by atoms with van der Waals surface area (Å²) in [5, 5.41) is 0. The molecule has 0 radical (unpaired) electrons. The van der Waals surface area contributed by atoms with Crippen molar-refractivity contribution < 1.29 is 19.2 Å². The summed E-state index contributed by atoms with van der Waals surface area (Å²) in [6.45, 7) is 1.53. The van der Waals surface area contributed by atoms with E-state index in [0.29, 0.717) is 6.41 Å². The largest absolute Gasteiger partial charge is 0.368 e. The lowest BCUT2D eigenvalue weighted by Gasteiger charge is -2.33. The van der Waals surface area contributed by atoms with E-state index in [1.54, 1.807) is 0 Å². The zero-order valence-electron chi connectivity index (χ0n) is 20.9. The van der Waals surface area contributed by atoms with Crippen molar-refractivity contribution in [1.82, 2.24) is 14.7 Å². The molecule has 3 aromatic rings. The van der Waals surface area contributed by atoms with E-state index in [4.69, 9.17) is 5.73 Å². The van der Waals surface area contributed by atoms with E-state index in [2.05, 4.69) is 0 Å². The van der Waals surface area contributed by atoms with E-state index in [-0.39, 0.29) is 38.6 Å². The minimum Gasteiger partial charge on any atom is -0.368 e. The van der Waals surface area contributed by atoms with Crippen molar-refractivity contribution >= 4 is 24.1 Å². The lowest BCUT2D eigenvalue weighted by Crippen LogP contribution is -2.48. The van der Waals surface area contributed by atoms with Gasteiger partial charge < -0.3 is 20.4 Å². The highest BCUT2D eigenvalue weighted by atomic mass is 16.2. The smallest absolute Gasteiger partial charge is 0.243 e. The molecule has 0 aliphatic heterocycles. The first-order valence-electron chi connectivity index (χ1n) is 12.0. The van der Waals surface area contributed by atoms with Crippen LogP contribution < -0.4 is 5.73 Å². The summed E-state index contributed by atoms with van der Waals surface area (Å²) in [7, 11) is 0. The van der Waals surface area contributed by atoms with Crippen molar-refractivity contribution in [3.8, 4) is 0 Å². The van der Waals surface area contributed by atoms with Gasteiger partial charge in [-0.15, -0.1) is 0 Å². The minimum absolute atomic E-state index is 0.179. The number of rotatable bonds is 13. The fourth-order valence-electron chi connectivity index (χ4n) is 4.04. The third kappa shape index (κ3) is 8.31. The van der Waals surface area contributed by atoms with E-state index in [1.807, 2.05) is 97.9 Å². The van der Waals surface area contributed by atoms with Gasteiger partial charge in [-0.1, -0.05) is 91.0 Å². The zero-order valence-corrected chi connectivity index (χ0v) is 20.9. The SMILES string of the molecule is CC(c1ccccc1)N(CC(=O)N(CC(N)=O)Cc1ccccc1)C(=O)CN(C=O)Cc1ccccc1. The molecule has 192 valence electrons. The summed E-state index contributed by atoms with van der Waals surface area (Å²) in [6.07, 6.45) is 0.632. The molecule has 0 saturated heterocycles. The summed E-state index contributed by atoms with van der Waals surface area (Å²) in [5.41, 5.74) is 7.99. The topological polar surface area (TPSA) is 104 Å². The van der Waals surface area contributed by atoms with Gasteiger partial charge in [0.25, 0.3) is 0 Å². The second kappa shape index (κ2) is 13.6. The van der Waals surface area contributed by atoms with Crippen LogP contribution in [0.25, 0.3) is 0 Å². The third-order valence-electron chi connectivity index (χ3n) is 6.01. The van der Waals surface area contributed by atoms with Crippen LogP contribution in [0.5, 0.6) is 0 Å². The van der Waals surface area contributed by atoms with Crippen molar-refractivity contribution in [1.29, 1.82) is 0 Å². The van der Waals surface area contributed by atoms with Crippen molar-refractivity contribution in [3.63, 3.8) is 0 Å². The van der Waals surface area contributed by atoms with E-state index < -0.39 is 17.9 Å². The average molecular weight is 501 g/mol. The first-order chi connectivity index (χ1) is 17.9. The highest BCUT2D eigenvalue weighted by molar-refractivity contribution is 5.89. The Bertz CT molecular complexity index is 1170. The van der Waals surface area contributed by atoms with E-state index in [0.717, 1.165) is 16.7 Å². The van der Waals surface area contributed by atoms with Crippen LogP contribution in [-0.4, -0.2) is 58.5 Å². The molecule has 1 atom stereocenters. The predicted octanol–water partition coefficient (Wildman–Crippen LogP) is 2.75. The molecule has 0 aliphatic rings. The molecule has 1 unspecified atom stereocenters. The van der Waals surface area contributed by atoms with Crippen molar-refractivity contribution in [2.45, 2.75) is 26.1 Å². The van der Waals surface area contributed by atoms with Gasteiger partial charge in [0.15, 0.2) is 0 Å². The lowest BCUT2D eigenvalue weighted by atomic mass is 10.1. The molecule has 8 nitrogen and oxygen atoms in total. The first kappa shape index (κ1) is 27.1. The van der Waals surface area contributed by atoms with Gasteiger partial charge in [-0.3, -0.25) is 19.2 Å². The molecule has 3 aromatic carbocycles. The van der Waals surface area contributed by atoms with Crippen LogP contribution in [0.4, 0.5) is 0 Å². The monoisotopic (exact) mass is 500 g/mol. The van der Waals surface area contributed by atoms with Crippen molar-refractivity contribution in [3.05, 3.63) is 108 Å². The fraction of sp³-hybridized carbons (Fsp3) is 0.241. The number of carbonyl (C=O) groups excluding carboxylic acids is 4. The number of nitrogens with two attached hydrogens (primary N) is 1. The molecule has 0 aromatic heterocycles. The minimum atomic E-state index is -0.645. The zero-order chi connectivity index (χ0) is 26.6. The van der Waals surface area contributed by atoms with Crippen LogP contribution in [0.1, 0.15) is 29.7 Å². The summed E-state index contributed by atoms with van der Waals surface area (Å²) in [6, 6.07) is 27.5. The predicted molar refractivity (Wildman–Crippen MR) is 141 cm³/mol. The lowest BCUT2D eigenvalue weighted by molar-refractivity contribution is -0.145. The van der Waals surface area contributed by atoms with Gasteiger partial charge in [0.2, 0.25) is 24.1 Å². The molecular weight excluding hydrogens is 468 g/mol. The highest BCUT2D eigenvalue weighted by Gasteiger charge is 2.28. The van der Waals surface area contributed by atoms with Gasteiger partial charge in [0, 0.05) is 13.1 Å². The molecule has 2 N–H and O–H groups in total. The van der Waals surface area contributed by atoms with Gasteiger partial charge in [-0.05, 0) is 23.6 Å². The van der Waals surface area contributed by atoms with Crippen LogP contribution in [-0.2, 0) is 32.3 Å². The van der Waals surface area contributed by atoms with Crippen LogP contribution >= 0.6 is 0 Å². The molecule has 3 rings (SSSR count). The number of benzene rings is 3. The van der Waals surface area contributed by atoms with Crippen LogP contribution in [0, 0.1) is 0 Å². The Morgan fingerprint density at radius 3 is 1.76 bits per heavy atom. The van der Waals surface area contributed by atoms with Crippen LogP contribution in [0.2, 0.25) is 0 Å². The van der Waals surface area contributed by atoms with Gasteiger partial charge in [-0.2, -0.15) is 0 Å². The van der Waals surface area contributed by atoms with E-state index in [1.165, 1.54) is 14.7 Å². The van der Waals surface area contributed by atoms with Gasteiger partial charge in [0.1, 0.15) is 6.54 Å². The molecule has 0 saturated carbocycles. The number of carbonyl (C=O) groups is 4. The highest BCUT2D eigenvalue weighted by Crippen LogP contribution is 2.21. The van der Waals surface area contributed by atoms with Crippen LogP contribution in [0.15, 0.2) is 91.0 Å². The number of nitrogens with zero attached hydrogens (tertiary/aromatic N) is 3. The summed E-state index contributed by atoms with van der Waals surface area (Å²) < 4.78 is 0. The summed E-state index contributed by atoms with van der Waals surface area (Å²) >= 11 is 0. The molecular formula is C29H32N4O4. The Balaban J connectivity index is 1.82. The van der Waals surface area contributed by atoms with Crippen LogP contribution in [0.3, 0.4) is 0 Å². The Morgan fingerprint density at radius 1 is 0.730 bits per heavy atom. The molecule has 0 aliphatic carbocycles. The molecule has 0 heterocycles. The summed E-state index contributed by atoms with van der Waals surface area (Å²) in [4.78, 5) is 54.6. The molecule has 0 fully saturated rings. The molecule has 8 heteroatoms.